The van der Waals surface area contributed by atoms with E-state index >= 15 is 0 Å². The average Bonchev–Trinajstić information content (AvgIpc) is 3.73. The summed E-state index contributed by atoms with van der Waals surface area (Å²) in [6.45, 7) is 0. The van der Waals surface area contributed by atoms with Gasteiger partial charge in [0.15, 0.2) is 5.84 Å². The number of nitrogens with one attached hydrogen (secondary N) is 1. The Kier molecular flexibility index (Phi) is 8.20. The maximum atomic E-state index is 6.76. The van der Waals surface area contributed by atoms with E-state index in [2.05, 4.69) is 181 Å². The molecular weight excluding hydrogens is 743 g/mol. The quantitative estimate of drug-likeness (QED) is 0.183. The summed E-state index contributed by atoms with van der Waals surface area (Å²) in [6, 6.07) is 75.4. The molecule has 0 saturated heterocycles. The van der Waals surface area contributed by atoms with Gasteiger partial charge in [-0.25, -0.2) is 9.98 Å². The van der Waals surface area contributed by atoms with Crippen LogP contribution in [-0.4, -0.2) is 11.7 Å². The van der Waals surface area contributed by atoms with E-state index in [9.17, 15) is 0 Å². The van der Waals surface area contributed by atoms with Crippen molar-refractivity contribution in [2.24, 2.45) is 9.98 Å². The fraction of sp³-hybridized carbons (Fsp3) is 0.0175. The van der Waals surface area contributed by atoms with Crippen molar-refractivity contribution in [3.8, 4) is 33.4 Å². The molecule has 4 heteroatoms. The van der Waals surface area contributed by atoms with Gasteiger partial charge in [0, 0.05) is 27.3 Å². The summed E-state index contributed by atoms with van der Waals surface area (Å²) in [4.78, 5) is 10.1. The Bertz CT molecular complexity index is 3550. The predicted molar refractivity (Wildman–Crippen MR) is 254 cm³/mol. The topological polar surface area (TPSA) is 49.9 Å². The summed E-state index contributed by atoms with van der Waals surface area (Å²) in [5.41, 5.74) is 11.9. The predicted octanol–water partition coefficient (Wildman–Crippen LogP) is 14.5. The molecular formula is C57H37N3O. The molecule has 0 aliphatic carbocycles. The molecule has 286 valence electrons. The summed E-state index contributed by atoms with van der Waals surface area (Å²) in [6.07, 6.45) is -0.255. The zero-order valence-electron chi connectivity index (χ0n) is 33.1. The Morgan fingerprint density at radius 3 is 1.75 bits per heavy atom. The molecule has 1 aliphatic heterocycles. The van der Waals surface area contributed by atoms with Gasteiger partial charge in [0.05, 0.1) is 0 Å². The van der Waals surface area contributed by atoms with E-state index in [0.29, 0.717) is 5.84 Å². The highest BCUT2D eigenvalue weighted by atomic mass is 16.3. The molecule has 1 N–H and O–H groups in total. The SMILES string of the molecule is c1ccc(C2=NC(c3ccccc3)NC(c3ccc(-c4cccc5oc6c7ccccc7c(-c7ccc8cc(-c9ccc%10ccccc%10c9)ccc8c7)cc6c45)cc3)=N2)cc1. The summed E-state index contributed by atoms with van der Waals surface area (Å²) in [5, 5.41) is 13.0. The minimum absolute atomic E-state index is 0.255. The maximum absolute atomic E-state index is 6.76. The molecule has 0 fully saturated rings. The Balaban J connectivity index is 0.936. The monoisotopic (exact) mass is 779 g/mol. The van der Waals surface area contributed by atoms with E-state index in [4.69, 9.17) is 14.4 Å². The molecule has 1 atom stereocenters. The second-order valence-electron chi connectivity index (χ2n) is 15.8. The van der Waals surface area contributed by atoms with Crippen LogP contribution in [0.3, 0.4) is 0 Å². The Morgan fingerprint density at radius 2 is 0.984 bits per heavy atom. The fourth-order valence-electron chi connectivity index (χ4n) is 9.02. The van der Waals surface area contributed by atoms with E-state index in [0.717, 1.165) is 61.0 Å². The first-order chi connectivity index (χ1) is 30.2. The van der Waals surface area contributed by atoms with Crippen LogP contribution in [0.5, 0.6) is 0 Å². The van der Waals surface area contributed by atoms with Crippen LogP contribution in [0, 0.1) is 0 Å². The number of hydrogen-bond donors (Lipinski definition) is 1. The first-order valence-corrected chi connectivity index (χ1v) is 20.7. The lowest BCUT2D eigenvalue weighted by Gasteiger charge is -2.23. The van der Waals surface area contributed by atoms with Gasteiger partial charge in [-0.2, -0.15) is 0 Å². The van der Waals surface area contributed by atoms with Crippen LogP contribution in [0.2, 0.25) is 0 Å². The van der Waals surface area contributed by atoms with Crippen LogP contribution in [0.1, 0.15) is 22.9 Å². The van der Waals surface area contributed by atoms with Gasteiger partial charge in [-0.05, 0) is 96.2 Å². The lowest BCUT2D eigenvalue weighted by molar-refractivity contribution is 0.672. The van der Waals surface area contributed by atoms with E-state index in [1.54, 1.807) is 0 Å². The van der Waals surface area contributed by atoms with Gasteiger partial charge in [0.25, 0.3) is 0 Å². The van der Waals surface area contributed by atoms with Crippen LogP contribution in [0.25, 0.3) is 87.6 Å². The Hall–Kier alpha value is -8.08. The highest BCUT2D eigenvalue weighted by Gasteiger charge is 2.22. The average molecular weight is 780 g/mol. The second kappa shape index (κ2) is 14.3. The molecule has 0 radical (unpaired) electrons. The van der Waals surface area contributed by atoms with Gasteiger partial charge in [-0.3, -0.25) is 0 Å². The third-order valence-electron chi connectivity index (χ3n) is 12.1. The van der Waals surface area contributed by atoms with E-state index in [1.165, 1.54) is 49.2 Å². The van der Waals surface area contributed by atoms with Gasteiger partial charge in [0.2, 0.25) is 0 Å². The minimum atomic E-state index is -0.255. The molecule has 12 rings (SSSR count). The van der Waals surface area contributed by atoms with Crippen LogP contribution in [-0.2, 0) is 0 Å². The molecule has 0 saturated carbocycles. The number of benzene rings is 10. The number of hydrogen-bond acceptors (Lipinski definition) is 4. The van der Waals surface area contributed by atoms with Crippen LogP contribution >= 0.6 is 0 Å². The van der Waals surface area contributed by atoms with Crippen molar-refractivity contribution in [1.82, 2.24) is 5.32 Å². The summed E-state index contributed by atoms with van der Waals surface area (Å²) < 4.78 is 6.76. The largest absolute Gasteiger partial charge is 0.455 e. The van der Waals surface area contributed by atoms with Gasteiger partial charge in [-0.1, -0.05) is 182 Å². The molecule has 1 aromatic heterocycles. The maximum Gasteiger partial charge on any atom is 0.159 e. The standard InChI is InChI=1S/C57H37N3O/c1-3-13-38(14-4-1)55-58-56(39-15-5-2-6-16-39)60-57(59-55)40-25-23-37(24-26-40)47-20-11-21-52-53(47)51-35-50(48-18-9-10-19-49(48)54(51)61-52)46-31-30-44-33-43(28-29-45(44)34-46)42-27-22-36-12-7-8-17-41(36)32-42/h1-35,55H,(H,58,59,60). The third-order valence-corrected chi connectivity index (χ3v) is 12.1. The third kappa shape index (κ3) is 6.16. The molecule has 0 bridgehead atoms. The van der Waals surface area contributed by atoms with Crippen molar-refractivity contribution in [2.45, 2.75) is 6.17 Å². The van der Waals surface area contributed by atoms with Crippen LogP contribution < -0.4 is 5.32 Å². The zero-order chi connectivity index (χ0) is 40.3. The highest BCUT2D eigenvalue weighted by molar-refractivity contribution is 6.22. The first-order valence-electron chi connectivity index (χ1n) is 20.7. The van der Waals surface area contributed by atoms with Gasteiger partial charge in [-0.15, -0.1) is 0 Å². The molecule has 1 aliphatic rings. The van der Waals surface area contributed by atoms with Crippen LogP contribution in [0.15, 0.2) is 227 Å². The molecule has 11 aromatic rings. The number of nitrogens with zero attached hydrogens (tertiary/aromatic N) is 2. The molecule has 0 amide bonds. The highest BCUT2D eigenvalue weighted by Crippen LogP contribution is 2.43. The zero-order valence-corrected chi connectivity index (χ0v) is 33.1. The van der Waals surface area contributed by atoms with Crippen molar-refractivity contribution >= 4 is 65.9 Å². The number of rotatable bonds is 6. The van der Waals surface area contributed by atoms with Crippen molar-refractivity contribution < 1.29 is 4.42 Å². The number of furan rings is 1. The van der Waals surface area contributed by atoms with Gasteiger partial charge < -0.3 is 9.73 Å². The van der Waals surface area contributed by atoms with Crippen LogP contribution in [0.4, 0.5) is 0 Å². The summed E-state index contributed by atoms with van der Waals surface area (Å²) in [5.74, 6) is 1.50. The van der Waals surface area contributed by atoms with Crippen molar-refractivity contribution in [1.29, 1.82) is 0 Å². The second-order valence-corrected chi connectivity index (χ2v) is 15.8. The summed E-state index contributed by atoms with van der Waals surface area (Å²) in [7, 11) is 0. The Labute approximate surface area is 352 Å². The van der Waals surface area contributed by atoms with E-state index in [1.807, 2.05) is 36.4 Å². The van der Waals surface area contributed by atoms with Gasteiger partial charge >= 0.3 is 0 Å². The molecule has 4 nitrogen and oxygen atoms in total. The first kappa shape index (κ1) is 34.9. The van der Waals surface area contributed by atoms with Crippen molar-refractivity contribution in [3.63, 3.8) is 0 Å². The Morgan fingerprint density at radius 1 is 0.393 bits per heavy atom. The van der Waals surface area contributed by atoms with E-state index in [-0.39, 0.29) is 6.17 Å². The van der Waals surface area contributed by atoms with E-state index < -0.39 is 0 Å². The summed E-state index contributed by atoms with van der Waals surface area (Å²) >= 11 is 0. The molecule has 10 aromatic carbocycles. The number of aliphatic imine (C=N–C) groups is 2. The van der Waals surface area contributed by atoms with Crippen molar-refractivity contribution in [3.05, 3.63) is 229 Å². The normalized spacial score (nSPS) is 14.1. The smallest absolute Gasteiger partial charge is 0.159 e. The fourth-order valence-corrected chi connectivity index (χ4v) is 9.02. The molecule has 2 heterocycles. The van der Waals surface area contributed by atoms with Crippen molar-refractivity contribution in [2.75, 3.05) is 0 Å². The van der Waals surface area contributed by atoms with Gasteiger partial charge in [0.1, 0.15) is 23.2 Å². The number of fused-ring (bicyclic) bond motifs is 7. The molecule has 0 spiro atoms. The molecule has 61 heavy (non-hydrogen) atoms. The number of amidine groups is 2. The lowest BCUT2D eigenvalue weighted by Crippen LogP contribution is -2.33. The molecule has 1 unspecified atom stereocenters. The minimum Gasteiger partial charge on any atom is -0.455 e. The lowest BCUT2D eigenvalue weighted by atomic mass is 9.92.